The van der Waals surface area contributed by atoms with Crippen LogP contribution in [0.25, 0.3) is 0 Å². The second-order valence-electron chi connectivity index (χ2n) is 5.38. The Morgan fingerprint density at radius 2 is 1.89 bits per heavy atom. The highest BCUT2D eigenvalue weighted by molar-refractivity contribution is 5.73. The van der Waals surface area contributed by atoms with E-state index in [1.54, 1.807) is 6.92 Å². The lowest BCUT2D eigenvalue weighted by Crippen LogP contribution is -2.55. The van der Waals surface area contributed by atoms with Crippen molar-refractivity contribution in [2.24, 2.45) is 5.92 Å². The van der Waals surface area contributed by atoms with E-state index in [9.17, 15) is 9.90 Å². The van der Waals surface area contributed by atoms with Crippen molar-refractivity contribution in [1.29, 1.82) is 0 Å². The van der Waals surface area contributed by atoms with Crippen molar-refractivity contribution >= 4 is 5.91 Å². The van der Waals surface area contributed by atoms with Gasteiger partial charge in [-0.05, 0) is 31.8 Å². The number of carbonyl (C=O) groups excluding carboxylic acids is 1. The number of rotatable bonds is 3. The summed E-state index contributed by atoms with van der Waals surface area (Å²) in [5.74, 6) is 0.761. The molecule has 2 aliphatic heterocycles. The summed E-state index contributed by atoms with van der Waals surface area (Å²) in [6.07, 6.45) is 2.30. The van der Waals surface area contributed by atoms with Crippen molar-refractivity contribution in [3.8, 4) is 0 Å². The molecule has 2 fully saturated rings. The van der Waals surface area contributed by atoms with Gasteiger partial charge < -0.3 is 15.3 Å². The molecule has 1 amide bonds. The molecule has 0 spiro atoms. The second kappa shape index (κ2) is 6.50. The highest BCUT2D eigenvalue weighted by Crippen LogP contribution is 2.22. The fourth-order valence-electron chi connectivity index (χ4n) is 3.16. The van der Waals surface area contributed by atoms with Crippen molar-refractivity contribution in [1.82, 2.24) is 15.1 Å². The molecule has 5 heteroatoms. The van der Waals surface area contributed by atoms with Crippen molar-refractivity contribution in [2.75, 3.05) is 45.9 Å². The second-order valence-corrected chi connectivity index (χ2v) is 5.38. The molecule has 0 bridgehead atoms. The summed E-state index contributed by atoms with van der Waals surface area (Å²) >= 11 is 0. The first-order valence-corrected chi connectivity index (χ1v) is 7.03. The maximum absolute atomic E-state index is 11.3. The minimum atomic E-state index is 0.164. The molecule has 2 heterocycles. The highest BCUT2D eigenvalue weighted by Gasteiger charge is 2.30. The van der Waals surface area contributed by atoms with E-state index in [4.69, 9.17) is 0 Å². The molecule has 0 aromatic carbocycles. The van der Waals surface area contributed by atoms with Crippen LogP contribution in [0.5, 0.6) is 0 Å². The predicted octanol–water partition coefficient (Wildman–Crippen LogP) is -0.489. The number of piperidine rings is 1. The van der Waals surface area contributed by atoms with Gasteiger partial charge in [0.15, 0.2) is 0 Å². The van der Waals surface area contributed by atoms with Gasteiger partial charge in [-0.15, -0.1) is 0 Å². The van der Waals surface area contributed by atoms with E-state index in [1.165, 1.54) is 0 Å². The average Bonchev–Trinajstić information content (AvgIpc) is 2.41. The van der Waals surface area contributed by atoms with Gasteiger partial charge in [-0.3, -0.25) is 9.69 Å². The lowest BCUT2D eigenvalue weighted by atomic mass is 9.89. The maximum atomic E-state index is 11.3. The summed E-state index contributed by atoms with van der Waals surface area (Å²) in [7, 11) is 0. The number of aliphatic hydroxyl groups is 1. The van der Waals surface area contributed by atoms with E-state index >= 15 is 0 Å². The summed E-state index contributed by atoms with van der Waals surface area (Å²) in [5, 5.41) is 13.0. The molecule has 5 nitrogen and oxygen atoms in total. The lowest BCUT2D eigenvalue weighted by Gasteiger charge is -2.42. The molecule has 0 saturated carbocycles. The molecule has 1 atom stereocenters. The molecular weight excluding hydrogens is 230 g/mol. The van der Waals surface area contributed by atoms with Crippen LogP contribution in [0.2, 0.25) is 0 Å². The lowest BCUT2D eigenvalue weighted by molar-refractivity contribution is -0.131. The zero-order valence-electron chi connectivity index (χ0n) is 11.3. The summed E-state index contributed by atoms with van der Waals surface area (Å²) in [6, 6.07) is 0.279. The van der Waals surface area contributed by atoms with Crippen molar-refractivity contribution in [2.45, 2.75) is 25.8 Å². The van der Waals surface area contributed by atoms with Crippen LogP contribution in [0, 0.1) is 5.92 Å². The summed E-state index contributed by atoms with van der Waals surface area (Å²) in [4.78, 5) is 15.6. The van der Waals surface area contributed by atoms with Gasteiger partial charge in [-0.25, -0.2) is 0 Å². The molecule has 0 aromatic rings. The number of carbonyl (C=O) groups is 1. The zero-order valence-corrected chi connectivity index (χ0v) is 11.3. The molecule has 2 N–H and O–H groups in total. The van der Waals surface area contributed by atoms with Crippen LogP contribution in [0.15, 0.2) is 0 Å². The van der Waals surface area contributed by atoms with Gasteiger partial charge >= 0.3 is 0 Å². The van der Waals surface area contributed by atoms with Gasteiger partial charge in [-0.2, -0.15) is 0 Å². The third-order valence-corrected chi connectivity index (χ3v) is 4.34. The Balaban J connectivity index is 1.87. The standard InChI is InChI=1S/C13H25N3O2/c1-11(18)15-6-8-16(9-7-15)13(10-17)12-2-4-14-5-3-12/h12-14,17H,2-10H2,1H3. The van der Waals surface area contributed by atoms with E-state index in [2.05, 4.69) is 10.2 Å². The fourth-order valence-corrected chi connectivity index (χ4v) is 3.16. The smallest absolute Gasteiger partial charge is 0.219 e. The Kier molecular flexibility index (Phi) is 4.97. The van der Waals surface area contributed by atoms with Crippen molar-refractivity contribution in [3.63, 3.8) is 0 Å². The van der Waals surface area contributed by atoms with Crippen molar-refractivity contribution < 1.29 is 9.90 Å². The largest absolute Gasteiger partial charge is 0.395 e. The number of piperazine rings is 1. The molecule has 0 aliphatic carbocycles. The average molecular weight is 255 g/mol. The SMILES string of the molecule is CC(=O)N1CCN(C(CO)C2CCNCC2)CC1. The number of aliphatic hydroxyl groups excluding tert-OH is 1. The quantitative estimate of drug-likeness (QED) is 0.714. The van der Waals surface area contributed by atoms with Gasteiger partial charge in [0.05, 0.1) is 6.61 Å². The first-order chi connectivity index (χ1) is 8.72. The van der Waals surface area contributed by atoms with Crippen molar-refractivity contribution in [3.05, 3.63) is 0 Å². The van der Waals surface area contributed by atoms with Crippen LogP contribution in [-0.2, 0) is 4.79 Å². The topological polar surface area (TPSA) is 55.8 Å². The Bertz CT molecular complexity index is 271. The third-order valence-electron chi connectivity index (χ3n) is 4.34. The third kappa shape index (κ3) is 3.22. The molecule has 104 valence electrons. The normalized spacial score (nSPS) is 25.1. The van der Waals surface area contributed by atoms with Crippen LogP contribution in [0.4, 0.5) is 0 Å². The molecule has 2 aliphatic rings. The van der Waals surface area contributed by atoms with E-state index in [0.717, 1.165) is 52.1 Å². The molecule has 2 saturated heterocycles. The van der Waals surface area contributed by atoms with E-state index in [0.29, 0.717) is 5.92 Å². The van der Waals surface area contributed by atoms with Gasteiger partial charge in [0.2, 0.25) is 5.91 Å². The number of nitrogens with one attached hydrogen (secondary N) is 1. The van der Waals surface area contributed by atoms with Crippen LogP contribution < -0.4 is 5.32 Å². The molecule has 0 aromatic heterocycles. The minimum Gasteiger partial charge on any atom is -0.395 e. The van der Waals surface area contributed by atoms with Crippen LogP contribution in [0.1, 0.15) is 19.8 Å². The van der Waals surface area contributed by atoms with E-state index in [-0.39, 0.29) is 18.6 Å². The minimum absolute atomic E-state index is 0.164. The van der Waals surface area contributed by atoms with Gasteiger partial charge in [0.1, 0.15) is 0 Å². The summed E-state index contributed by atoms with van der Waals surface area (Å²) in [6.45, 7) is 7.40. The van der Waals surface area contributed by atoms with E-state index in [1.807, 2.05) is 4.90 Å². The Labute approximate surface area is 109 Å². The monoisotopic (exact) mass is 255 g/mol. The predicted molar refractivity (Wildman–Crippen MR) is 70.3 cm³/mol. The van der Waals surface area contributed by atoms with E-state index < -0.39 is 0 Å². The highest BCUT2D eigenvalue weighted by atomic mass is 16.3. The Hall–Kier alpha value is -0.650. The Morgan fingerprint density at radius 1 is 1.28 bits per heavy atom. The fraction of sp³-hybridized carbons (Fsp3) is 0.923. The van der Waals surface area contributed by atoms with Gasteiger partial charge in [-0.1, -0.05) is 0 Å². The van der Waals surface area contributed by atoms with Gasteiger partial charge in [0.25, 0.3) is 0 Å². The summed E-state index contributed by atoms with van der Waals surface area (Å²) in [5.41, 5.74) is 0. The Morgan fingerprint density at radius 3 is 2.39 bits per heavy atom. The molecule has 0 radical (unpaired) electrons. The number of hydrogen-bond donors (Lipinski definition) is 2. The molecule has 2 rings (SSSR count). The maximum Gasteiger partial charge on any atom is 0.219 e. The van der Waals surface area contributed by atoms with Gasteiger partial charge in [0, 0.05) is 39.1 Å². The van der Waals surface area contributed by atoms with Crippen LogP contribution >= 0.6 is 0 Å². The first-order valence-electron chi connectivity index (χ1n) is 7.03. The number of hydrogen-bond acceptors (Lipinski definition) is 4. The first kappa shape index (κ1) is 13.8. The summed E-state index contributed by atoms with van der Waals surface area (Å²) < 4.78 is 0. The van der Waals surface area contributed by atoms with Crippen LogP contribution in [0.3, 0.4) is 0 Å². The van der Waals surface area contributed by atoms with Crippen LogP contribution in [-0.4, -0.2) is 72.7 Å². The zero-order chi connectivity index (χ0) is 13.0. The molecular formula is C13H25N3O2. The number of nitrogens with zero attached hydrogens (tertiary/aromatic N) is 2. The molecule has 18 heavy (non-hydrogen) atoms. The molecule has 1 unspecified atom stereocenters. The number of amides is 1.